The van der Waals surface area contributed by atoms with Crippen molar-refractivity contribution >= 4 is 17.2 Å². The van der Waals surface area contributed by atoms with Gasteiger partial charge in [-0.3, -0.25) is 14.4 Å². The summed E-state index contributed by atoms with van der Waals surface area (Å²) in [5, 5.41) is 9.15. The average Bonchev–Trinajstić information content (AvgIpc) is 3.23. The van der Waals surface area contributed by atoms with Crippen LogP contribution in [0.15, 0.2) is 23.6 Å². The molecule has 3 heterocycles. The van der Waals surface area contributed by atoms with Crippen LogP contribution in [0.4, 0.5) is 0 Å². The molecule has 0 aliphatic carbocycles. The number of rotatable bonds is 4. The first-order chi connectivity index (χ1) is 11.7. The maximum atomic E-state index is 12.2. The van der Waals surface area contributed by atoms with E-state index in [1.165, 1.54) is 0 Å². The van der Waals surface area contributed by atoms with E-state index in [0.29, 0.717) is 12.2 Å². The van der Waals surface area contributed by atoms with Gasteiger partial charge in [0.05, 0.1) is 18.1 Å². The Kier molecular flexibility index (Phi) is 5.64. The predicted octanol–water partition coefficient (Wildman–Crippen LogP) is 0.943. The monoisotopic (exact) mass is 344 g/mol. The van der Waals surface area contributed by atoms with Crippen LogP contribution in [0.5, 0.6) is 0 Å². The van der Waals surface area contributed by atoms with Crippen molar-refractivity contribution in [1.29, 1.82) is 0 Å². The van der Waals surface area contributed by atoms with Crippen LogP contribution in [0.25, 0.3) is 0 Å². The van der Waals surface area contributed by atoms with E-state index in [1.807, 2.05) is 17.5 Å². The lowest BCUT2D eigenvalue weighted by atomic mass is 10.3. The Hall–Kier alpha value is -2.14. The Labute approximate surface area is 145 Å². The third kappa shape index (κ3) is 4.45. The van der Waals surface area contributed by atoms with E-state index in [9.17, 15) is 4.79 Å². The highest BCUT2D eigenvalue weighted by Gasteiger charge is 2.13. The molecule has 0 spiro atoms. The van der Waals surface area contributed by atoms with Crippen LogP contribution >= 0.6 is 11.3 Å². The van der Waals surface area contributed by atoms with Gasteiger partial charge in [0.2, 0.25) is 0 Å². The fraction of sp³-hybridized carbons (Fsp3) is 0.412. The molecule has 0 unspecified atom stereocenters. The summed E-state index contributed by atoms with van der Waals surface area (Å²) in [5.41, 5.74) is 1.12. The first-order valence-corrected chi connectivity index (χ1v) is 8.78. The number of carbonyl (C=O) groups excluding carboxylic acids is 1. The molecular weight excluding hydrogens is 324 g/mol. The van der Waals surface area contributed by atoms with E-state index >= 15 is 0 Å². The van der Waals surface area contributed by atoms with Gasteiger partial charge in [0.15, 0.2) is 5.69 Å². The minimum atomic E-state index is -0.164. The zero-order valence-electron chi connectivity index (χ0n) is 13.6. The molecular formula is C17H20N4O2S. The van der Waals surface area contributed by atoms with E-state index in [4.69, 9.17) is 4.74 Å². The summed E-state index contributed by atoms with van der Waals surface area (Å²) in [4.78, 5) is 15.5. The standard InChI is InChI=1S/C17H20N4O2S/c1-20-14(4-5-15-3-2-12-24-15)13-16(19-20)17(22)18-6-7-21-8-10-23-11-9-21/h2-3,12-13H,6-11H2,1H3,(H,18,22). The van der Waals surface area contributed by atoms with Gasteiger partial charge in [-0.15, -0.1) is 11.3 Å². The number of morpholine rings is 1. The van der Waals surface area contributed by atoms with Crippen molar-refractivity contribution in [2.45, 2.75) is 0 Å². The third-order valence-corrected chi connectivity index (χ3v) is 4.55. The molecule has 126 valence electrons. The molecule has 1 fully saturated rings. The van der Waals surface area contributed by atoms with E-state index in [2.05, 4.69) is 27.2 Å². The summed E-state index contributed by atoms with van der Waals surface area (Å²) in [7, 11) is 1.79. The highest BCUT2D eigenvalue weighted by molar-refractivity contribution is 7.10. The molecule has 0 radical (unpaired) electrons. The molecule has 1 aliphatic rings. The van der Waals surface area contributed by atoms with Gasteiger partial charge in [-0.1, -0.05) is 6.07 Å². The number of aryl methyl sites for hydroxylation is 1. The quantitative estimate of drug-likeness (QED) is 0.839. The molecule has 2 aromatic rings. The maximum Gasteiger partial charge on any atom is 0.271 e. The number of carbonyl (C=O) groups is 1. The first kappa shape index (κ1) is 16.7. The number of nitrogens with zero attached hydrogens (tertiary/aromatic N) is 3. The number of hydrogen-bond acceptors (Lipinski definition) is 5. The molecule has 1 amide bonds. The van der Waals surface area contributed by atoms with Crippen LogP contribution in [-0.2, 0) is 11.8 Å². The number of thiophene rings is 1. The Morgan fingerprint density at radius 1 is 1.42 bits per heavy atom. The second-order valence-corrected chi connectivity index (χ2v) is 6.42. The predicted molar refractivity (Wildman–Crippen MR) is 93.1 cm³/mol. The molecule has 0 atom stereocenters. The second kappa shape index (κ2) is 8.11. The number of nitrogens with one attached hydrogen (secondary N) is 1. The van der Waals surface area contributed by atoms with E-state index in [1.54, 1.807) is 29.1 Å². The van der Waals surface area contributed by atoms with Gasteiger partial charge in [-0.25, -0.2) is 0 Å². The second-order valence-electron chi connectivity index (χ2n) is 5.48. The highest BCUT2D eigenvalue weighted by atomic mass is 32.1. The summed E-state index contributed by atoms with van der Waals surface area (Å²) in [5.74, 6) is 5.97. The summed E-state index contributed by atoms with van der Waals surface area (Å²) in [6.07, 6.45) is 0. The molecule has 0 bridgehead atoms. The van der Waals surface area contributed by atoms with Crippen molar-refractivity contribution in [3.05, 3.63) is 39.8 Å². The Balaban J connectivity index is 1.54. The fourth-order valence-corrected chi connectivity index (χ4v) is 2.98. The molecule has 24 heavy (non-hydrogen) atoms. The van der Waals surface area contributed by atoms with Crippen LogP contribution in [0, 0.1) is 11.8 Å². The van der Waals surface area contributed by atoms with Crippen molar-refractivity contribution in [2.24, 2.45) is 7.05 Å². The zero-order chi connectivity index (χ0) is 16.8. The van der Waals surface area contributed by atoms with Gasteiger partial charge in [-0.2, -0.15) is 5.10 Å². The van der Waals surface area contributed by atoms with Crippen molar-refractivity contribution in [2.75, 3.05) is 39.4 Å². The number of aromatic nitrogens is 2. The summed E-state index contributed by atoms with van der Waals surface area (Å²) in [6.45, 7) is 4.79. The third-order valence-electron chi connectivity index (χ3n) is 3.76. The van der Waals surface area contributed by atoms with Crippen molar-refractivity contribution < 1.29 is 9.53 Å². The molecule has 0 saturated carbocycles. The summed E-state index contributed by atoms with van der Waals surface area (Å²) < 4.78 is 6.94. The molecule has 3 rings (SSSR count). The summed E-state index contributed by atoms with van der Waals surface area (Å²) >= 11 is 1.59. The topological polar surface area (TPSA) is 59.4 Å². The van der Waals surface area contributed by atoms with Gasteiger partial charge in [0.25, 0.3) is 5.91 Å². The molecule has 6 nitrogen and oxygen atoms in total. The Bertz CT molecular complexity index is 736. The van der Waals surface area contributed by atoms with Gasteiger partial charge >= 0.3 is 0 Å². The number of hydrogen-bond donors (Lipinski definition) is 1. The van der Waals surface area contributed by atoms with Crippen molar-refractivity contribution in [1.82, 2.24) is 20.0 Å². The van der Waals surface area contributed by atoms with E-state index in [0.717, 1.165) is 43.4 Å². The maximum absolute atomic E-state index is 12.2. The molecule has 0 aromatic carbocycles. The van der Waals surface area contributed by atoms with Crippen LogP contribution in [0.3, 0.4) is 0 Å². The Morgan fingerprint density at radius 3 is 3.00 bits per heavy atom. The minimum absolute atomic E-state index is 0.164. The van der Waals surface area contributed by atoms with Crippen molar-refractivity contribution in [3.8, 4) is 11.8 Å². The van der Waals surface area contributed by atoms with Gasteiger partial charge < -0.3 is 10.1 Å². The SMILES string of the molecule is Cn1nc(C(=O)NCCN2CCOCC2)cc1C#Cc1cccs1. The first-order valence-electron chi connectivity index (χ1n) is 7.90. The summed E-state index contributed by atoms with van der Waals surface area (Å²) in [6, 6.07) is 5.66. The van der Waals surface area contributed by atoms with Crippen LogP contribution in [-0.4, -0.2) is 60.0 Å². The number of ether oxygens (including phenoxy) is 1. The van der Waals surface area contributed by atoms with E-state index in [-0.39, 0.29) is 5.91 Å². The minimum Gasteiger partial charge on any atom is -0.379 e. The fourth-order valence-electron chi connectivity index (χ4n) is 2.41. The zero-order valence-corrected chi connectivity index (χ0v) is 14.4. The van der Waals surface area contributed by atoms with Crippen LogP contribution < -0.4 is 5.32 Å². The molecule has 2 aromatic heterocycles. The molecule has 1 aliphatic heterocycles. The van der Waals surface area contributed by atoms with Crippen LogP contribution in [0.2, 0.25) is 0 Å². The lowest BCUT2D eigenvalue weighted by Gasteiger charge is -2.26. The van der Waals surface area contributed by atoms with Gasteiger partial charge in [-0.05, 0) is 23.3 Å². The normalized spacial score (nSPS) is 14.9. The Morgan fingerprint density at radius 2 is 2.25 bits per heavy atom. The average molecular weight is 344 g/mol. The van der Waals surface area contributed by atoms with Gasteiger partial charge in [0.1, 0.15) is 5.69 Å². The smallest absolute Gasteiger partial charge is 0.271 e. The van der Waals surface area contributed by atoms with Gasteiger partial charge in [0, 0.05) is 39.3 Å². The molecule has 1 N–H and O–H groups in total. The lowest BCUT2D eigenvalue weighted by molar-refractivity contribution is 0.0383. The lowest BCUT2D eigenvalue weighted by Crippen LogP contribution is -2.41. The van der Waals surface area contributed by atoms with Crippen molar-refractivity contribution in [3.63, 3.8) is 0 Å². The highest BCUT2D eigenvalue weighted by Crippen LogP contribution is 2.07. The largest absolute Gasteiger partial charge is 0.379 e. The number of amides is 1. The molecule has 7 heteroatoms. The van der Waals surface area contributed by atoms with Crippen LogP contribution in [0.1, 0.15) is 21.1 Å². The molecule has 1 saturated heterocycles. The van der Waals surface area contributed by atoms with E-state index < -0.39 is 0 Å².